The third-order valence-electron chi connectivity index (χ3n) is 5.57. The van der Waals surface area contributed by atoms with Gasteiger partial charge in [-0.3, -0.25) is 19.5 Å². The molecule has 1 unspecified atom stereocenters. The van der Waals surface area contributed by atoms with E-state index in [0.29, 0.717) is 22.0 Å². The van der Waals surface area contributed by atoms with Gasteiger partial charge in [0.15, 0.2) is 5.13 Å². The molecule has 2 aromatic heterocycles. The lowest BCUT2D eigenvalue weighted by molar-refractivity contribution is -0.132. The van der Waals surface area contributed by atoms with E-state index < -0.39 is 17.7 Å². The monoisotopic (exact) mass is 457 g/mol. The lowest BCUT2D eigenvalue weighted by Crippen LogP contribution is -2.29. The fourth-order valence-electron chi connectivity index (χ4n) is 3.92. The molecule has 0 saturated carbocycles. The number of ketones is 1. The molecule has 1 amide bonds. The molecule has 164 valence electrons. The number of carbonyl (C=O) groups is 2. The molecule has 0 spiro atoms. The zero-order valence-corrected chi connectivity index (χ0v) is 18.7. The Morgan fingerprint density at radius 3 is 2.48 bits per heavy atom. The quantitative estimate of drug-likeness (QED) is 0.273. The summed E-state index contributed by atoms with van der Waals surface area (Å²) >= 11 is 1.33. The highest BCUT2D eigenvalue weighted by Gasteiger charge is 2.48. The lowest BCUT2D eigenvalue weighted by Gasteiger charge is -2.22. The van der Waals surface area contributed by atoms with Crippen molar-refractivity contribution in [2.75, 3.05) is 12.0 Å². The molecule has 2 aromatic carbocycles. The van der Waals surface area contributed by atoms with Crippen molar-refractivity contribution in [1.82, 2.24) is 9.97 Å². The summed E-state index contributed by atoms with van der Waals surface area (Å²) in [5.41, 5.74) is 2.88. The van der Waals surface area contributed by atoms with Gasteiger partial charge < -0.3 is 9.84 Å². The molecule has 1 fully saturated rings. The minimum absolute atomic E-state index is 0.00630. The Morgan fingerprint density at radius 2 is 1.79 bits per heavy atom. The Kier molecular flexibility index (Phi) is 5.14. The van der Waals surface area contributed by atoms with Crippen molar-refractivity contribution in [3.05, 3.63) is 89.3 Å². The van der Waals surface area contributed by atoms with Crippen molar-refractivity contribution in [3.63, 3.8) is 0 Å². The Morgan fingerprint density at radius 1 is 1.06 bits per heavy atom. The summed E-state index contributed by atoms with van der Waals surface area (Å²) in [5.74, 6) is -1.14. The van der Waals surface area contributed by atoms with Crippen LogP contribution in [0.15, 0.2) is 72.6 Å². The summed E-state index contributed by atoms with van der Waals surface area (Å²) in [6, 6.07) is 15.1. The summed E-state index contributed by atoms with van der Waals surface area (Å²) < 4.78 is 6.09. The van der Waals surface area contributed by atoms with E-state index in [4.69, 9.17) is 4.74 Å². The van der Waals surface area contributed by atoms with Gasteiger partial charge in [-0.1, -0.05) is 17.4 Å². The van der Waals surface area contributed by atoms with Crippen molar-refractivity contribution >= 4 is 44.1 Å². The molecule has 8 heteroatoms. The second-order valence-electron chi connectivity index (χ2n) is 7.65. The predicted molar refractivity (Wildman–Crippen MR) is 126 cm³/mol. The molecule has 1 aliphatic heterocycles. The highest BCUT2D eigenvalue weighted by atomic mass is 32.1. The number of methoxy groups -OCH3 is 1. The van der Waals surface area contributed by atoms with E-state index in [9.17, 15) is 14.7 Å². The van der Waals surface area contributed by atoms with Crippen molar-refractivity contribution in [3.8, 4) is 5.75 Å². The number of benzene rings is 2. The van der Waals surface area contributed by atoms with Gasteiger partial charge in [-0.25, -0.2) is 4.98 Å². The summed E-state index contributed by atoms with van der Waals surface area (Å²) in [6.07, 6.45) is 3.18. The number of nitrogens with zero attached hydrogens (tertiary/aromatic N) is 3. The number of anilines is 1. The molecule has 0 aliphatic carbocycles. The number of thiazole rings is 1. The van der Waals surface area contributed by atoms with Gasteiger partial charge in [0.05, 0.1) is 28.9 Å². The van der Waals surface area contributed by atoms with Gasteiger partial charge in [0.2, 0.25) is 0 Å². The van der Waals surface area contributed by atoms with Gasteiger partial charge in [0.1, 0.15) is 11.5 Å². The second-order valence-corrected chi connectivity index (χ2v) is 8.65. The van der Waals surface area contributed by atoms with Crippen LogP contribution >= 0.6 is 11.3 Å². The van der Waals surface area contributed by atoms with Gasteiger partial charge in [-0.2, -0.15) is 0 Å². The second kappa shape index (κ2) is 8.14. The predicted octanol–water partition coefficient (Wildman–Crippen LogP) is 4.63. The van der Waals surface area contributed by atoms with Crippen LogP contribution in [0.5, 0.6) is 5.75 Å². The first-order valence-corrected chi connectivity index (χ1v) is 11.0. The summed E-state index contributed by atoms with van der Waals surface area (Å²) in [6.45, 7) is 1.98. The van der Waals surface area contributed by atoms with E-state index in [-0.39, 0.29) is 11.3 Å². The number of aryl methyl sites for hydroxylation is 1. The maximum absolute atomic E-state index is 13.2. The maximum Gasteiger partial charge on any atom is 0.301 e. The van der Waals surface area contributed by atoms with Crippen LogP contribution < -0.4 is 9.64 Å². The number of rotatable bonds is 4. The van der Waals surface area contributed by atoms with Crippen molar-refractivity contribution in [1.29, 1.82) is 0 Å². The molecule has 1 atom stereocenters. The van der Waals surface area contributed by atoms with Gasteiger partial charge in [-0.15, -0.1) is 0 Å². The Hall–Kier alpha value is -4.04. The highest BCUT2D eigenvalue weighted by molar-refractivity contribution is 7.22. The van der Waals surface area contributed by atoms with E-state index in [2.05, 4.69) is 9.97 Å². The third-order valence-corrected chi connectivity index (χ3v) is 6.59. The fourth-order valence-corrected chi connectivity index (χ4v) is 5.01. The number of aliphatic hydroxyl groups is 1. The van der Waals surface area contributed by atoms with Gasteiger partial charge >= 0.3 is 5.91 Å². The van der Waals surface area contributed by atoms with Crippen LogP contribution in [0, 0.1) is 6.92 Å². The maximum atomic E-state index is 13.2. The number of hydrogen-bond donors (Lipinski definition) is 1. The van der Waals surface area contributed by atoms with Gasteiger partial charge in [0, 0.05) is 18.0 Å². The zero-order valence-electron chi connectivity index (χ0n) is 17.9. The van der Waals surface area contributed by atoms with Crippen LogP contribution in [0.3, 0.4) is 0 Å². The average molecular weight is 458 g/mol. The van der Waals surface area contributed by atoms with Crippen LogP contribution in [-0.2, 0) is 9.59 Å². The first kappa shape index (κ1) is 20.8. The zero-order chi connectivity index (χ0) is 23.1. The molecule has 3 heterocycles. The molecule has 4 aromatic rings. The molecular formula is C25H19N3O4S. The lowest BCUT2D eigenvalue weighted by atomic mass is 9.96. The van der Waals surface area contributed by atoms with Crippen molar-refractivity contribution < 1.29 is 19.4 Å². The molecule has 1 aliphatic rings. The summed E-state index contributed by atoms with van der Waals surface area (Å²) in [5, 5.41) is 11.5. The average Bonchev–Trinajstić information content (AvgIpc) is 3.37. The van der Waals surface area contributed by atoms with E-state index in [1.54, 1.807) is 55.9 Å². The van der Waals surface area contributed by atoms with Crippen LogP contribution in [0.1, 0.15) is 22.7 Å². The molecule has 5 rings (SSSR count). The van der Waals surface area contributed by atoms with Crippen LogP contribution in [0.2, 0.25) is 0 Å². The molecular weight excluding hydrogens is 438 g/mol. The topological polar surface area (TPSA) is 92.6 Å². The van der Waals surface area contributed by atoms with Crippen LogP contribution in [0.4, 0.5) is 5.13 Å². The Balaban J connectivity index is 1.70. The molecule has 33 heavy (non-hydrogen) atoms. The van der Waals surface area contributed by atoms with Gasteiger partial charge in [0.25, 0.3) is 5.78 Å². The number of hydrogen-bond acceptors (Lipinski definition) is 7. The molecule has 1 N–H and O–H groups in total. The first-order chi connectivity index (χ1) is 16.0. The van der Waals surface area contributed by atoms with E-state index in [1.165, 1.54) is 16.2 Å². The smallest absolute Gasteiger partial charge is 0.301 e. The van der Waals surface area contributed by atoms with E-state index in [1.807, 2.05) is 25.1 Å². The summed E-state index contributed by atoms with van der Waals surface area (Å²) in [7, 11) is 1.54. The summed E-state index contributed by atoms with van der Waals surface area (Å²) in [4.78, 5) is 36.5. The molecule has 7 nitrogen and oxygen atoms in total. The number of pyridine rings is 1. The van der Waals surface area contributed by atoms with Gasteiger partial charge in [-0.05, 0) is 66.6 Å². The van der Waals surface area contributed by atoms with Crippen molar-refractivity contribution in [2.24, 2.45) is 0 Å². The molecule has 0 radical (unpaired) electrons. The standard InChI is InChI=1S/C25H19N3O4S/c1-14-3-8-18-19(13-14)33-25(27-18)28-21(15-9-11-26-12-10-15)20(23(30)24(28)31)22(29)16-4-6-17(32-2)7-5-16/h3-13,21,29H,1-2H3/b22-20+. The Bertz CT molecular complexity index is 1410. The SMILES string of the molecule is COc1ccc(/C(O)=C2\C(=O)C(=O)N(c3nc4ccc(C)cc4s3)C2c2ccncc2)cc1. The molecule has 1 saturated heterocycles. The van der Waals surface area contributed by atoms with Crippen LogP contribution in [0.25, 0.3) is 16.0 Å². The first-order valence-electron chi connectivity index (χ1n) is 10.2. The Labute approximate surface area is 193 Å². The number of carbonyl (C=O) groups excluding carboxylic acids is 2. The number of ether oxygens (including phenoxy) is 1. The number of aromatic nitrogens is 2. The van der Waals surface area contributed by atoms with E-state index >= 15 is 0 Å². The van der Waals surface area contributed by atoms with Crippen molar-refractivity contribution in [2.45, 2.75) is 13.0 Å². The highest BCUT2D eigenvalue weighted by Crippen LogP contribution is 2.44. The third kappa shape index (κ3) is 3.54. The van der Waals surface area contributed by atoms with E-state index in [0.717, 1.165) is 15.8 Å². The largest absolute Gasteiger partial charge is 0.507 e. The fraction of sp³-hybridized carbons (Fsp3) is 0.120. The minimum atomic E-state index is -0.836. The number of aliphatic hydroxyl groups excluding tert-OH is 1. The number of amides is 1. The van der Waals surface area contributed by atoms with Crippen LogP contribution in [-0.4, -0.2) is 33.9 Å². The minimum Gasteiger partial charge on any atom is -0.507 e. The molecule has 0 bridgehead atoms. The number of fused-ring (bicyclic) bond motifs is 1. The number of Topliss-reactive ketones (excluding diaryl/α,β-unsaturated/α-hetero) is 1. The normalized spacial score (nSPS) is 17.6.